The van der Waals surface area contributed by atoms with Crippen molar-refractivity contribution in [3.8, 4) is 11.5 Å². The van der Waals surface area contributed by atoms with Crippen LogP contribution in [0.2, 0.25) is 0 Å². The van der Waals surface area contributed by atoms with E-state index in [4.69, 9.17) is 15.0 Å². The van der Waals surface area contributed by atoms with Crippen molar-refractivity contribution in [2.75, 3.05) is 20.6 Å². The Morgan fingerprint density at radius 2 is 2.10 bits per heavy atom. The van der Waals surface area contributed by atoms with Crippen molar-refractivity contribution < 1.29 is 9.26 Å². The third-order valence-electron chi connectivity index (χ3n) is 3.30. The molecule has 0 amide bonds. The second kappa shape index (κ2) is 5.32. The summed E-state index contributed by atoms with van der Waals surface area (Å²) in [5.74, 6) is 1.04. The van der Waals surface area contributed by atoms with E-state index in [0.717, 1.165) is 5.56 Å². The number of rotatable bonds is 4. The molecule has 1 aliphatic rings. The maximum absolute atomic E-state index is 6.03. The summed E-state index contributed by atoms with van der Waals surface area (Å²) in [6, 6.07) is 5.81. The van der Waals surface area contributed by atoms with Gasteiger partial charge in [-0.05, 0) is 37.4 Å². The van der Waals surface area contributed by atoms with Gasteiger partial charge in [0.05, 0.1) is 19.3 Å². The molecule has 0 spiro atoms. The van der Waals surface area contributed by atoms with E-state index in [0.29, 0.717) is 31.5 Å². The molecule has 1 aromatic carbocycles. The van der Waals surface area contributed by atoms with E-state index in [1.54, 1.807) is 0 Å². The number of hydrogen-bond acceptors (Lipinski definition) is 6. The van der Waals surface area contributed by atoms with Crippen molar-refractivity contribution in [2.24, 2.45) is 5.73 Å². The number of nitrogens with two attached hydrogens (primary N) is 1. The van der Waals surface area contributed by atoms with Crippen LogP contribution in [0.3, 0.4) is 0 Å². The molecule has 106 valence electrons. The summed E-state index contributed by atoms with van der Waals surface area (Å²) < 4.78 is 10.7. The van der Waals surface area contributed by atoms with Crippen LogP contribution in [0.25, 0.3) is 11.5 Å². The predicted octanol–water partition coefficient (Wildman–Crippen LogP) is 1.33. The molecular weight excluding hydrogens is 256 g/mol. The lowest BCUT2D eigenvalue weighted by atomic mass is 10.1. The third-order valence-corrected chi connectivity index (χ3v) is 3.30. The number of ether oxygens (including phenoxy) is 1. The molecular formula is C14H18N4O2. The van der Waals surface area contributed by atoms with Crippen molar-refractivity contribution in [2.45, 2.75) is 19.3 Å². The van der Waals surface area contributed by atoms with Crippen LogP contribution in [-0.2, 0) is 18.0 Å². The molecule has 0 saturated heterocycles. The normalized spacial score (nSPS) is 15.6. The highest BCUT2D eigenvalue weighted by molar-refractivity contribution is 5.56. The minimum absolute atomic E-state index is 0.250. The molecule has 6 heteroatoms. The van der Waals surface area contributed by atoms with Crippen molar-refractivity contribution in [3.05, 3.63) is 35.2 Å². The zero-order chi connectivity index (χ0) is 14.1. The van der Waals surface area contributed by atoms with Crippen LogP contribution in [0.5, 0.6) is 0 Å². The molecule has 0 saturated carbocycles. The lowest BCUT2D eigenvalue weighted by Crippen LogP contribution is -2.26. The zero-order valence-electron chi connectivity index (χ0n) is 11.7. The Kier molecular flexibility index (Phi) is 3.52. The van der Waals surface area contributed by atoms with Gasteiger partial charge < -0.3 is 19.9 Å². The first kappa shape index (κ1) is 13.2. The van der Waals surface area contributed by atoms with E-state index in [1.165, 1.54) is 11.1 Å². The average molecular weight is 274 g/mol. The Balaban J connectivity index is 1.83. The van der Waals surface area contributed by atoms with Crippen LogP contribution >= 0.6 is 0 Å². The van der Waals surface area contributed by atoms with Gasteiger partial charge in [-0.15, -0.1) is 0 Å². The van der Waals surface area contributed by atoms with E-state index in [9.17, 15) is 0 Å². The lowest BCUT2D eigenvalue weighted by Gasteiger charge is -2.12. The molecule has 1 atom stereocenters. The quantitative estimate of drug-likeness (QED) is 0.906. The fraction of sp³-hybridized carbons (Fsp3) is 0.429. The summed E-state index contributed by atoms with van der Waals surface area (Å²) in [6.45, 7) is 2.00. The molecule has 1 unspecified atom stereocenters. The van der Waals surface area contributed by atoms with Gasteiger partial charge in [-0.25, -0.2) is 0 Å². The van der Waals surface area contributed by atoms with Crippen LogP contribution in [0.4, 0.5) is 0 Å². The zero-order valence-corrected chi connectivity index (χ0v) is 11.7. The minimum Gasteiger partial charge on any atom is -0.372 e. The van der Waals surface area contributed by atoms with E-state index in [1.807, 2.05) is 37.2 Å². The summed E-state index contributed by atoms with van der Waals surface area (Å²) in [6.07, 6.45) is 0. The molecule has 1 aliphatic heterocycles. The Morgan fingerprint density at radius 1 is 1.30 bits per heavy atom. The van der Waals surface area contributed by atoms with Gasteiger partial charge in [0, 0.05) is 12.1 Å². The van der Waals surface area contributed by atoms with Gasteiger partial charge in [0.1, 0.15) is 0 Å². The molecule has 20 heavy (non-hydrogen) atoms. The highest BCUT2D eigenvalue weighted by atomic mass is 16.5. The van der Waals surface area contributed by atoms with Gasteiger partial charge >= 0.3 is 0 Å². The first-order valence-electron chi connectivity index (χ1n) is 6.57. The molecule has 0 bridgehead atoms. The van der Waals surface area contributed by atoms with E-state index in [-0.39, 0.29) is 6.04 Å². The van der Waals surface area contributed by atoms with Gasteiger partial charge in [-0.3, -0.25) is 0 Å². The summed E-state index contributed by atoms with van der Waals surface area (Å²) in [5.41, 5.74) is 9.34. The smallest absolute Gasteiger partial charge is 0.257 e. The van der Waals surface area contributed by atoms with Gasteiger partial charge in [0.2, 0.25) is 0 Å². The van der Waals surface area contributed by atoms with Crippen molar-refractivity contribution >= 4 is 0 Å². The van der Waals surface area contributed by atoms with Gasteiger partial charge in [-0.2, -0.15) is 4.98 Å². The lowest BCUT2D eigenvalue weighted by molar-refractivity contribution is 0.134. The summed E-state index contributed by atoms with van der Waals surface area (Å²) in [5, 5.41) is 3.97. The van der Waals surface area contributed by atoms with Crippen LogP contribution in [0.1, 0.15) is 23.0 Å². The number of hydrogen-bond donors (Lipinski definition) is 1. The van der Waals surface area contributed by atoms with E-state index in [2.05, 4.69) is 10.1 Å². The highest BCUT2D eigenvalue weighted by Gasteiger charge is 2.18. The Morgan fingerprint density at radius 3 is 2.90 bits per heavy atom. The molecule has 3 rings (SSSR count). The number of fused-ring (bicyclic) bond motifs is 1. The first-order valence-corrected chi connectivity index (χ1v) is 6.57. The minimum atomic E-state index is -0.250. The molecule has 6 nitrogen and oxygen atoms in total. The number of likely N-dealkylation sites (N-methyl/N-ethyl adjacent to an activating group) is 1. The molecule has 0 fully saturated rings. The van der Waals surface area contributed by atoms with Gasteiger partial charge in [0.25, 0.3) is 5.89 Å². The first-order chi connectivity index (χ1) is 9.63. The fourth-order valence-electron chi connectivity index (χ4n) is 2.28. The second-order valence-electron chi connectivity index (χ2n) is 5.30. The Hall–Kier alpha value is -1.76. The van der Waals surface area contributed by atoms with Gasteiger partial charge in [0.15, 0.2) is 5.82 Å². The summed E-state index contributed by atoms with van der Waals surface area (Å²) in [7, 11) is 3.92. The summed E-state index contributed by atoms with van der Waals surface area (Å²) in [4.78, 5) is 6.38. The average Bonchev–Trinajstić information content (AvgIpc) is 3.06. The maximum atomic E-state index is 6.03. The molecule has 2 heterocycles. The highest BCUT2D eigenvalue weighted by Crippen LogP contribution is 2.26. The largest absolute Gasteiger partial charge is 0.372 e. The second-order valence-corrected chi connectivity index (χ2v) is 5.30. The summed E-state index contributed by atoms with van der Waals surface area (Å²) >= 11 is 0. The number of benzene rings is 1. The van der Waals surface area contributed by atoms with Crippen molar-refractivity contribution in [1.82, 2.24) is 15.0 Å². The monoisotopic (exact) mass is 274 g/mol. The fourth-order valence-corrected chi connectivity index (χ4v) is 2.28. The van der Waals surface area contributed by atoms with Gasteiger partial charge in [-0.1, -0.05) is 11.2 Å². The third kappa shape index (κ3) is 2.58. The molecule has 2 aromatic rings. The maximum Gasteiger partial charge on any atom is 0.257 e. The molecule has 0 aliphatic carbocycles. The number of nitrogens with zero attached hydrogens (tertiary/aromatic N) is 3. The standard InChI is InChI=1S/C14H18N4O2/c1-18(2)6-12(15)13-16-14(20-17-13)9-3-4-10-7-19-8-11(10)5-9/h3-5,12H,6-8,15H2,1-2H3. The number of aromatic nitrogens is 2. The topological polar surface area (TPSA) is 77.4 Å². The van der Waals surface area contributed by atoms with E-state index >= 15 is 0 Å². The van der Waals surface area contributed by atoms with Crippen molar-refractivity contribution in [3.63, 3.8) is 0 Å². The van der Waals surface area contributed by atoms with Crippen LogP contribution in [0.15, 0.2) is 22.7 Å². The van der Waals surface area contributed by atoms with E-state index < -0.39 is 0 Å². The van der Waals surface area contributed by atoms with Crippen LogP contribution in [-0.4, -0.2) is 35.7 Å². The molecule has 0 radical (unpaired) electrons. The predicted molar refractivity (Wildman–Crippen MR) is 73.7 cm³/mol. The Bertz CT molecular complexity index is 609. The van der Waals surface area contributed by atoms with Crippen LogP contribution < -0.4 is 5.73 Å². The molecule has 1 aromatic heterocycles. The molecule has 2 N–H and O–H groups in total. The van der Waals surface area contributed by atoms with Crippen molar-refractivity contribution in [1.29, 1.82) is 0 Å². The Labute approximate surface area is 117 Å². The van der Waals surface area contributed by atoms with Crippen LogP contribution in [0, 0.1) is 0 Å². The SMILES string of the molecule is CN(C)CC(N)c1noc(-c2ccc3c(c2)COC3)n1.